The van der Waals surface area contributed by atoms with Crippen LogP contribution in [0.15, 0.2) is 340 Å². The summed E-state index contributed by atoms with van der Waals surface area (Å²) in [4.78, 5) is 0. The molecule has 1 fully saturated rings. The highest BCUT2D eigenvalue weighted by Crippen LogP contribution is 2.48. The molecule has 0 bridgehead atoms. The number of hydrogen-bond acceptors (Lipinski definition) is 3. The van der Waals surface area contributed by atoms with E-state index in [1.54, 1.807) is 0 Å². The van der Waals surface area contributed by atoms with E-state index < -0.39 is 25.5 Å². The van der Waals surface area contributed by atoms with Crippen molar-refractivity contribution in [1.82, 2.24) is 0 Å². The summed E-state index contributed by atoms with van der Waals surface area (Å²) in [7, 11) is -3.67. The second-order valence-corrected chi connectivity index (χ2v) is 29.6. The van der Waals surface area contributed by atoms with Crippen LogP contribution in [-0.2, 0) is 13.9 Å². The predicted octanol–water partition coefficient (Wildman–Crippen LogP) is 22.9. The van der Waals surface area contributed by atoms with Crippen molar-refractivity contribution in [2.24, 2.45) is 0 Å². The summed E-state index contributed by atoms with van der Waals surface area (Å²) in [6.45, 7) is 8.48. The fraction of sp³-hybridized carbons (Fsp3) is 0.0652. The van der Waals surface area contributed by atoms with Gasteiger partial charge in [-0.25, -0.2) is 0 Å². The van der Waals surface area contributed by atoms with Crippen LogP contribution in [0, 0.1) is 0 Å². The lowest BCUT2D eigenvalue weighted by Gasteiger charge is -2.32. The number of hydrogen-bond donors (Lipinski definition) is 0. The molecule has 5 heteroatoms. The maximum Gasteiger partial charge on any atom is 0.494 e. The average molecular weight is 1260 g/mol. The van der Waals surface area contributed by atoms with E-state index in [9.17, 15) is 0 Å². The fourth-order valence-corrected chi connectivity index (χ4v) is 17.7. The molecule has 462 valence electrons. The third kappa shape index (κ3) is 10.5. The molecule has 18 rings (SSSR count). The monoisotopic (exact) mass is 1260 g/mol. The van der Waals surface area contributed by atoms with Gasteiger partial charge in [0.2, 0.25) is 0 Å². The lowest BCUT2D eigenvalue weighted by molar-refractivity contribution is 0.00578. The standard InChI is InChI=1S/C52H35OP.C40H33BO2/c53-54(44-21-3-1-4-22-44,45-23-5-2-6-24-45)46-25-15-20-36(35-46)41-32-42(51-47-26-11-7-16-37(47)30-38-17-8-12-27-48(38)51)34-43(33-41)52-49-28-13-9-18-39(49)31-40-19-10-14-29-50(40)52;1-39(2)40(3,4)43-41(42-39)32-24-30(37-33-17-9-5-13-26(33)21-27-14-6-10-18-34(27)37)23-31(25-32)38-35-19-11-7-15-28(35)22-29-16-8-12-20-36(29)38/h1-35H;5-25H,1-4H3. The highest BCUT2D eigenvalue weighted by molar-refractivity contribution is 7.85. The molecule has 1 aliphatic rings. The molecule has 0 radical (unpaired) electrons. The Balaban J connectivity index is 0.000000150. The van der Waals surface area contributed by atoms with Gasteiger partial charge in [0.05, 0.1) is 11.2 Å². The number of benzene rings is 17. The van der Waals surface area contributed by atoms with Gasteiger partial charge in [0.25, 0.3) is 0 Å². The molecule has 0 N–H and O–H groups in total. The zero-order valence-corrected chi connectivity index (χ0v) is 55.5. The van der Waals surface area contributed by atoms with Crippen molar-refractivity contribution in [3.63, 3.8) is 0 Å². The van der Waals surface area contributed by atoms with Gasteiger partial charge in [0, 0.05) is 15.9 Å². The van der Waals surface area contributed by atoms with E-state index in [1.165, 1.54) is 108 Å². The summed E-state index contributed by atoms with van der Waals surface area (Å²) in [5.41, 5.74) is 11.8. The van der Waals surface area contributed by atoms with Gasteiger partial charge in [-0.1, -0.05) is 285 Å². The average Bonchev–Trinajstić information content (AvgIpc) is 1.65. The number of rotatable bonds is 9. The molecule has 1 aliphatic heterocycles. The first kappa shape index (κ1) is 59.8. The third-order valence-corrected chi connectivity index (χ3v) is 23.5. The van der Waals surface area contributed by atoms with E-state index >= 15 is 4.57 Å². The first-order valence-corrected chi connectivity index (χ1v) is 35.3. The first-order valence-electron chi connectivity index (χ1n) is 33.6. The summed E-state index contributed by atoms with van der Waals surface area (Å²) in [5.74, 6) is 0. The maximum atomic E-state index is 15.6. The van der Waals surface area contributed by atoms with Gasteiger partial charge >= 0.3 is 7.12 Å². The second kappa shape index (κ2) is 24.0. The summed E-state index contributed by atoms with van der Waals surface area (Å²) >= 11 is 0. The molecule has 0 amide bonds. The number of fused-ring (bicyclic) bond motifs is 8. The first-order chi connectivity index (χ1) is 47.4. The van der Waals surface area contributed by atoms with Crippen LogP contribution < -0.4 is 21.4 Å². The minimum absolute atomic E-state index is 0.438. The Morgan fingerprint density at radius 3 is 0.784 bits per heavy atom. The van der Waals surface area contributed by atoms with Gasteiger partial charge < -0.3 is 13.9 Å². The Labute approximate surface area is 566 Å². The molecule has 1 heterocycles. The minimum Gasteiger partial charge on any atom is -0.399 e. The molecule has 0 aromatic heterocycles. The van der Waals surface area contributed by atoms with Crippen LogP contribution in [0.1, 0.15) is 27.7 Å². The molecular formula is C92H68BO3P. The maximum absolute atomic E-state index is 15.6. The zero-order valence-electron chi connectivity index (χ0n) is 54.6. The van der Waals surface area contributed by atoms with Crippen molar-refractivity contribution in [2.75, 3.05) is 0 Å². The molecule has 0 spiro atoms. The molecule has 1 saturated heterocycles. The molecule has 0 saturated carbocycles. The molecule has 0 aliphatic carbocycles. The summed E-state index contributed by atoms with van der Waals surface area (Å²) in [6.07, 6.45) is 0. The van der Waals surface area contributed by atoms with Gasteiger partial charge in [-0.3, -0.25) is 0 Å². The Morgan fingerprint density at radius 1 is 0.237 bits per heavy atom. The molecule has 3 nitrogen and oxygen atoms in total. The van der Waals surface area contributed by atoms with E-state index in [2.05, 4.69) is 301 Å². The Hall–Kier alpha value is -11.0. The van der Waals surface area contributed by atoms with E-state index in [4.69, 9.17) is 9.31 Å². The SMILES string of the molecule is CC1(C)OB(c2cc(-c3c4ccccc4cc4ccccc34)cc(-c3c4ccccc4cc4ccccc34)c2)OC1(C)C.O=P(c1ccccc1)(c1ccccc1)c1cccc(-c2cc(-c3c4ccccc4cc4ccccc34)cc(-c3c4ccccc4cc4ccccc34)c2)c1. The Kier molecular flexibility index (Phi) is 14.8. The summed E-state index contributed by atoms with van der Waals surface area (Å²) in [5, 5.41) is 22.0. The molecule has 17 aromatic rings. The van der Waals surface area contributed by atoms with Gasteiger partial charge in [-0.2, -0.15) is 0 Å². The van der Waals surface area contributed by atoms with Gasteiger partial charge in [0.15, 0.2) is 7.14 Å². The van der Waals surface area contributed by atoms with Crippen LogP contribution in [0.5, 0.6) is 0 Å². The topological polar surface area (TPSA) is 35.5 Å². The van der Waals surface area contributed by atoms with Crippen molar-refractivity contribution >= 4 is 122 Å². The molecular weight excluding hydrogens is 1190 g/mol. The van der Waals surface area contributed by atoms with Crippen molar-refractivity contribution in [2.45, 2.75) is 38.9 Å². The van der Waals surface area contributed by atoms with E-state index in [1.807, 2.05) is 66.7 Å². The zero-order chi connectivity index (χ0) is 65.4. The fourth-order valence-electron chi connectivity index (χ4n) is 15.0. The van der Waals surface area contributed by atoms with Crippen molar-refractivity contribution < 1.29 is 13.9 Å². The van der Waals surface area contributed by atoms with Crippen LogP contribution in [-0.4, -0.2) is 18.3 Å². The van der Waals surface area contributed by atoms with E-state index in [0.29, 0.717) is 0 Å². The predicted molar refractivity (Wildman–Crippen MR) is 415 cm³/mol. The Bertz CT molecular complexity index is 5470. The smallest absolute Gasteiger partial charge is 0.399 e. The van der Waals surface area contributed by atoms with E-state index in [0.717, 1.165) is 54.8 Å². The van der Waals surface area contributed by atoms with E-state index in [-0.39, 0.29) is 0 Å². The van der Waals surface area contributed by atoms with Crippen LogP contribution >= 0.6 is 7.14 Å². The van der Waals surface area contributed by atoms with Crippen LogP contribution in [0.3, 0.4) is 0 Å². The van der Waals surface area contributed by atoms with Gasteiger partial charge in [-0.15, -0.1) is 0 Å². The van der Waals surface area contributed by atoms with Gasteiger partial charge in [-0.05, 0) is 230 Å². The van der Waals surface area contributed by atoms with Crippen LogP contribution in [0.2, 0.25) is 0 Å². The van der Waals surface area contributed by atoms with Crippen LogP contribution in [0.4, 0.5) is 0 Å². The summed E-state index contributed by atoms with van der Waals surface area (Å²) in [6, 6.07) is 121. The minimum atomic E-state index is -3.19. The molecule has 17 aromatic carbocycles. The van der Waals surface area contributed by atoms with Crippen molar-refractivity contribution in [3.05, 3.63) is 340 Å². The van der Waals surface area contributed by atoms with Crippen molar-refractivity contribution in [1.29, 1.82) is 0 Å². The lowest BCUT2D eigenvalue weighted by Crippen LogP contribution is -2.41. The van der Waals surface area contributed by atoms with Crippen LogP contribution in [0.25, 0.3) is 142 Å². The van der Waals surface area contributed by atoms with Crippen molar-refractivity contribution in [3.8, 4) is 55.6 Å². The molecule has 0 atom stereocenters. The second-order valence-electron chi connectivity index (χ2n) is 26.8. The highest BCUT2D eigenvalue weighted by Gasteiger charge is 2.52. The van der Waals surface area contributed by atoms with Gasteiger partial charge in [0.1, 0.15) is 0 Å². The summed E-state index contributed by atoms with van der Waals surface area (Å²) < 4.78 is 28.9. The molecule has 97 heavy (non-hydrogen) atoms. The Morgan fingerprint density at radius 2 is 0.485 bits per heavy atom. The largest absolute Gasteiger partial charge is 0.494 e. The lowest BCUT2D eigenvalue weighted by atomic mass is 9.75. The third-order valence-electron chi connectivity index (χ3n) is 20.4. The quantitative estimate of drug-likeness (QED) is 0.0821. The molecule has 0 unspecified atom stereocenters. The highest BCUT2D eigenvalue weighted by atomic mass is 31.2. The normalized spacial score (nSPS) is 13.7.